The predicted octanol–water partition coefficient (Wildman–Crippen LogP) is 1.49. The Kier molecular flexibility index (Phi) is 4.42. The Labute approximate surface area is 126 Å². The van der Waals surface area contributed by atoms with Gasteiger partial charge in [-0.3, -0.25) is 0 Å². The molecule has 5 heteroatoms. The van der Waals surface area contributed by atoms with E-state index < -0.39 is 0 Å². The van der Waals surface area contributed by atoms with Crippen LogP contribution in [0.25, 0.3) is 6.08 Å². The summed E-state index contributed by atoms with van der Waals surface area (Å²) in [7, 11) is 0. The van der Waals surface area contributed by atoms with Crippen molar-refractivity contribution in [1.82, 2.24) is 14.9 Å². The van der Waals surface area contributed by atoms with Crippen molar-refractivity contribution < 1.29 is 9.84 Å². The van der Waals surface area contributed by atoms with Crippen LogP contribution in [0.15, 0.2) is 5.57 Å². The van der Waals surface area contributed by atoms with Crippen molar-refractivity contribution in [2.75, 3.05) is 13.3 Å². The third-order valence-electron chi connectivity index (χ3n) is 4.58. The highest BCUT2D eigenvalue weighted by Gasteiger charge is 2.26. The van der Waals surface area contributed by atoms with E-state index in [1.807, 2.05) is 6.92 Å². The molecule has 1 aliphatic heterocycles. The molecule has 0 saturated carbocycles. The third kappa shape index (κ3) is 2.91. The van der Waals surface area contributed by atoms with E-state index in [1.54, 1.807) is 0 Å². The first-order valence-corrected chi connectivity index (χ1v) is 7.97. The van der Waals surface area contributed by atoms with Crippen molar-refractivity contribution in [2.45, 2.75) is 58.2 Å². The molecule has 0 radical (unpaired) electrons. The standard InChI is InChI=1S/C16H25N3O2/c1-3-16-18-14-7-12(11(2)21-10-20)8-15(14)19(16)9-13-5-4-6-17-13/h8,11,13,17,20H,3-7,9-10H2,1-2H3/t11-,13+/m0/s1. The van der Waals surface area contributed by atoms with Crippen LogP contribution >= 0.6 is 0 Å². The zero-order chi connectivity index (χ0) is 14.8. The van der Waals surface area contributed by atoms with Crippen molar-refractivity contribution in [1.29, 1.82) is 0 Å². The van der Waals surface area contributed by atoms with Gasteiger partial charge in [0, 0.05) is 25.4 Å². The van der Waals surface area contributed by atoms with Gasteiger partial charge in [0.1, 0.15) is 12.6 Å². The lowest BCUT2D eigenvalue weighted by molar-refractivity contribution is -0.0282. The number of aliphatic hydroxyl groups is 1. The maximum atomic E-state index is 8.91. The Balaban J connectivity index is 1.83. The molecule has 5 nitrogen and oxygen atoms in total. The molecule has 1 saturated heterocycles. The number of imidazole rings is 1. The highest BCUT2D eigenvalue weighted by atomic mass is 16.6. The fourth-order valence-corrected chi connectivity index (χ4v) is 3.37. The normalized spacial score (nSPS) is 22.4. The number of rotatable bonds is 6. The average molecular weight is 291 g/mol. The van der Waals surface area contributed by atoms with E-state index >= 15 is 0 Å². The number of hydrogen-bond acceptors (Lipinski definition) is 4. The number of ether oxygens (including phenoxy) is 1. The number of nitrogens with zero attached hydrogens (tertiary/aromatic N) is 2. The van der Waals surface area contributed by atoms with Crippen LogP contribution in [-0.4, -0.2) is 40.1 Å². The maximum Gasteiger partial charge on any atom is 0.144 e. The van der Waals surface area contributed by atoms with E-state index in [1.165, 1.54) is 29.9 Å². The van der Waals surface area contributed by atoms with Gasteiger partial charge in [-0.15, -0.1) is 0 Å². The predicted molar refractivity (Wildman–Crippen MR) is 81.9 cm³/mol. The van der Waals surface area contributed by atoms with Crippen LogP contribution in [0.5, 0.6) is 0 Å². The molecule has 2 heterocycles. The van der Waals surface area contributed by atoms with Crippen LogP contribution in [0.1, 0.15) is 43.9 Å². The first-order valence-electron chi connectivity index (χ1n) is 7.97. The summed E-state index contributed by atoms with van der Waals surface area (Å²) in [6.45, 7) is 6.05. The molecule has 3 rings (SSSR count). The van der Waals surface area contributed by atoms with E-state index in [4.69, 9.17) is 14.8 Å². The fourth-order valence-electron chi connectivity index (χ4n) is 3.37. The molecule has 0 aromatic carbocycles. The van der Waals surface area contributed by atoms with E-state index in [-0.39, 0.29) is 12.9 Å². The van der Waals surface area contributed by atoms with Crippen LogP contribution in [0, 0.1) is 0 Å². The number of aliphatic hydroxyl groups excluding tert-OH is 1. The largest absolute Gasteiger partial charge is 0.371 e. The molecule has 2 aliphatic rings. The average Bonchev–Trinajstić information content (AvgIpc) is 3.16. The van der Waals surface area contributed by atoms with Gasteiger partial charge in [0.25, 0.3) is 0 Å². The first-order chi connectivity index (χ1) is 10.2. The van der Waals surface area contributed by atoms with Gasteiger partial charge in [-0.2, -0.15) is 0 Å². The second kappa shape index (κ2) is 6.30. The summed E-state index contributed by atoms with van der Waals surface area (Å²) < 4.78 is 7.67. The van der Waals surface area contributed by atoms with Gasteiger partial charge in [-0.1, -0.05) is 6.92 Å². The second-order valence-corrected chi connectivity index (χ2v) is 5.95. The molecular weight excluding hydrogens is 266 g/mol. The van der Waals surface area contributed by atoms with Crippen molar-refractivity contribution in [3.63, 3.8) is 0 Å². The van der Waals surface area contributed by atoms with Crippen LogP contribution in [0.2, 0.25) is 0 Å². The van der Waals surface area contributed by atoms with Gasteiger partial charge in [0.15, 0.2) is 0 Å². The monoisotopic (exact) mass is 291 g/mol. The Morgan fingerprint density at radius 2 is 2.43 bits per heavy atom. The Morgan fingerprint density at radius 1 is 1.57 bits per heavy atom. The van der Waals surface area contributed by atoms with Gasteiger partial charge >= 0.3 is 0 Å². The van der Waals surface area contributed by atoms with Crippen LogP contribution in [-0.2, 0) is 24.1 Å². The van der Waals surface area contributed by atoms with Crippen LogP contribution in [0.4, 0.5) is 0 Å². The minimum atomic E-state index is -0.234. The lowest BCUT2D eigenvalue weighted by Crippen LogP contribution is -2.28. The molecule has 0 unspecified atom stereocenters. The van der Waals surface area contributed by atoms with E-state index in [2.05, 4.69) is 22.9 Å². The molecular formula is C16H25N3O2. The minimum Gasteiger partial charge on any atom is -0.371 e. The van der Waals surface area contributed by atoms with Gasteiger partial charge in [-0.05, 0) is 38.0 Å². The fraction of sp³-hybridized carbons (Fsp3) is 0.688. The van der Waals surface area contributed by atoms with Gasteiger partial charge in [0.05, 0.1) is 17.5 Å². The summed E-state index contributed by atoms with van der Waals surface area (Å²) in [5.74, 6) is 1.18. The SMILES string of the molecule is CCc1nc2c(n1C[C@H]1CCCN1)C=C([C@H](C)OCO)C2. The molecule has 1 aromatic rings. The Hall–Kier alpha value is -1.17. The van der Waals surface area contributed by atoms with Crippen molar-refractivity contribution in [3.05, 3.63) is 22.8 Å². The highest BCUT2D eigenvalue weighted by Crippen LogP contribution is 2.29. The van der Waals surface area contributed by atoms with Crippen LogP contribution < -0.4 is 5.32 Å². The molecule has 1 aromatic heterocycles. The van der Waals surface area contributed by atoms with Gasteiger partial charge < -0.3 is 19.7 Å². The molecule has 2 N–H and O–H groups in total. The molecule has 0 bridgehead atoms. The molecule has 21 heavy (non-hydrogen) atoms. The maximum absolute atomic E-state index is 8.91. The minimum absolute atomic E-state index is 0.0488. The smallest absolute Gasteiger partial charge is 0.144 e. The second-order valence-electron chi connectivity index (χ2n) is 5.95. The third-order valence-corrected chi connectivity index (χ3v) is 4.58. The zero-order valence-electron chi connectivity index (χ0n) is 12.9. The van der Waals surface area contributed by atoms with Crippen LogP contribution in [0.3, 0.4) is 0 Å². The number of aryl methyl sites for hydroxylation is 1. The highest BCUT2D eigenvalue weighted by molar-refractivity contribution is 5.61. The topological polar surface area (TPSA) is 59.3 Å². The number of aromatic nitrogens is 2. The van der Waals surface area contributed by atoms with E-state index in [9.17, 15) is 0 Å². The summed E-state index contributed by atoms with van der Waals surface area (Å²) in [6.07, 6.45) is 6.48. The van der Waals surface area contributed by atoms with Crippen molar-refractivity contribution in [2.24, 2.45) is 0 Å². The van der Waals surface area contributed by atoms with Crippen molar-refractivity contribution in [3.8, 4) is 0 Å². The number of nitrogens with one attached hydrogen (secondary N) is 1. The van der Waals surface area contributed by atoms with Gasteiger partial charge in [0.2, 0.25) is 0 Å². The zero-order valence-corrected chi connectivity index (χ0v) is 12.9. The number of hydrogen-bond donors (Lipinski definition) is 2. The molecule has 0 amide bonds. The lowest BCUT2D eigenvalue weighted by atomic mass is 10.1. The quantitative estimate of drug-likeness (QED) is 0.780. The summed E-state index contributed by atoms with van der Waals surface area (Å²) in [6, 6.07) is 0.567. The summed E-state index contributed by atoms with van der Waals surface area (Å²) in [4.78, 5) is 4.81. The van der Waals surface area contributed by atoms with E-state index in [0.29, 0.717) is 6.04 Å². The molecule has 116 valence electrons. The first kappa shape index (κ1) is 14.8. The number of fused-ring (bicyclic) bond motifs is 1. The van der Waals surface area contributed by atoms with Crippen molar-refractivity contribution >= 4 is 6.08 Å². The summed E-state index contributed by atoms with van der Waals surface area (Å²) >= 11 is 0. The summed E-state index contributed by atoms with van der Waals surface area (Å²) in [5, 5.41) is 12.5. The molecule has 1 fully saturated rings. The van der Waals surface area contributed by atoms with E-state index in [0.717, 1.165) is 31.6 Å². The molecule has 1 aliphatic carbocycles. The molecule has 0 spiro atoms. The molecule has 2 atom stereocenters. The van der Waals surface area contributed by atoms with Gasteiger partial charge in [-0.25, -0.2) is 4.98 Å². The summed E-state index contributed by atoms with van der Waals surface area (Å²) in [5.41, 5.74) is 3.61. The Bertz CT molecular complexity index is 530. The Morgan fingerprint density at radius 3 is 3.10 bits per heavy atom. The lowest BCUT2D eigenvalue weighted by Gasteiger charge is -2.15.